The van der Waals surface area contributed by atoms with Gasteiger partial charge in [0.1, 0.15) is 5.92 Å². The summed E-state index contributed by atoms with van der Waals surface area (Å²) >= 11 is 0. The number of nitrogens with zero attached hydrogens (tertiary/aromatic N) is 1. The quantitative estimate of drug-likeness (QED) is 0.627. The van der Waals surface area contributed by atoms with Crippen molar-refractivity contribution in [1.29, 1.82) is 0 Å². The van der Waals surface area contributed by atoms with Crippen molar-refractivity contribution in [3.05, 3.63) is 70.3 Å². The average Bonchev–Trinajstić information content (AvgIpc) is 3.24. The van der Waals surface area contributed by atoms with Crippen LogP contribution in [0, 0.1) is 16.0 Å². The van der Waals surface area contributed by atoms with E-state index in [0.717, 1.165) is 11.1 Å². The van der Waals surface area contributed by atoms with Crippen molar-refractivity contribution in [3.63, 3.8) is 0 Å². The van der Waals surface area contributed by atoms with Crippen molar-refractivity contribution in [3.8, 4) is 11.1 Å². The van der Waals surface area contributed by atoms with E-state index in [1.165, 1.54) is 0 Å². The Bertz CT molecular complexity index is 683. The SMILES string of the molecule is O=[N+]([O-])[C@H]1[C@H](c2ccc(-c3ccccc3)cc2)[C@@H]1C(F)(F)F. The Hall–Kier alpha value is -2.37. The highest BCUT2D eigenvalue weighted by molar-refractivity contribution is 5.63. The van der Waals surface area contributed by atoms with Gasteiger partial charge in [0.2, 0.25) is 6.04 Å². The summed E-state index contributed by atoms with van der Waals surface area (Å²) in [6.45, 7) is 0. The molecule has 3 nitrogen and oxygen atoms in total. The molecule has 22 heavy (non-hydrogen) atoms. The molecule has 1 aliphatic rings. The van der Waals surface area contributed by atoms with Crippen molar-refractivity contribution in [1.82, 2.24) is 0 Å². The highest BCUT2D eigenvalue weighted by Crippen LogP contribution is 2.57. The van der Waals surface area contributed by atoms with Crippen molar-refractivity contribution in [2.75, 3.05) is 0 Å². The maximum absolute atomic E-state index is 12.8. The molecule has 1 aliphatic carbocycles. The minimum Gasteiger partial charge on any atom is -0.264 e. The summed E-state index contributed by atoms with van der Waals surface area (Å²) in [5.41, 5.74) is 2.18. The van der Waals surface area contributed by atoms with Gasteiger partial charge in [-0.2, -0.15) is 13.2 Å². The van der Waals surface area contributed by atoms with E-state index in [9.17, 15) is 23.3 Å². The van der Waals surface area contributed by atoms with E-state index < -0.39 is 29.0 Å². The van der Waals surface area contributed by atoms with Crippen LogP contribution >= 0.6 is 0 Å². The van der Waals surface area contributed by atoms with Crippen LogP contribution in [0.4, 0.5) is 13.2 Å². The van der Waals surface area contributed by atoms with Crippen LogP contribution in [0.25, 0.3) is 11.1 Å². The predicted octanol–water partition coefficient (Wildman–Crippen LogP) is 4.27. The third-order valence-electron chi connectivity index (χ3n) is 4.01. The molecule has 1 saturated carbocycles. The van der Waals surface area contributed by atoms with Crippen LogP contribution in [0.2, 0.25) is 0 Å². The van der Waals surface area contributed by atoms with Crippen molar-refractivity contribution in [2.45, 2.75) is 18.1 Å². The predicted molar refractivity (Wildman–Crippen MR) is 74.9 cm³/mol. The molecule has 0 unspecified atom stereocenters. The Balaban J connectivity index is 1.86. The van der Waals surface area contributed by atoms with Crippen LogP contribution in [-0.4, -0.2) is 17.1 Å². The van der Waals surface area contributed by atoms with E-state index in [1.54, 1.807) is 24.3 Å². The maximum atomic E-state index is 12.8. The fourth-order valence-electron chi connectivity index (χ4n) is 2.89. The Morgan fingerprint density at radius 3 is 1.91 bits per heavy atom. The Labute approximate surface area is 124 Å². The van der Waals surface area contributed by atoms with Gasteiger partial charge in [0.05, 0.1) is 5.92 Å². The van der Waals surface area contributed by atoms with Gasteiger partial charge in [-0.15, -0.1) is 0 Å². The molecule has 3 atom stereocenters. The fraction of sp³-hybridized carbons (Fsp3) is 0.250. The topological polar surface area (TPSA) is 43.1 Å². The Morgan fingerprint density at radius 2 is 1.45 bits per heavy atom. The maximum Gasteiger partial charge on any atom is 0.399 e. The lowest BCUT2D eigenvalue weighted by atomic mass is 10.0. The Kier molecular flexibility index (Phi) is 3.39. The molecule has 0 radical (unpaired) electrons. The van der Waals surface area contributed by atoms with Gasteiger partial charge < -0.3 is 0 Å². The summed E-state index contributed by atoms with van der Waals surface area (Å²) in [4.78, 5) is 9.97. The van der Waals surface area contributed by atoms with Crippen molar-refractivity contribution in [2.24, 2.45) is 5.92 Å². The summed E-state index contributed by atoms with van der Waals surface area (Å²) in [6.07, 6.45) is -4.54. The summed E-state index contributed by atoms with van der Waals surface area (Å²) in [5.74, 6) is -2.97. The van der Waals surface area contributed by atoms with Crippen LogP contribution in [0.15, 0.2) is 54.6 Å². The van der Waals surface area contributed by atoms with Crippen LogP contribution in [0.3, 0.4) is 0 Å². The first-order chi connectivity index (χ1) is 10.4. The smallest absolute Gasteiger partial charge is 0.264 e. The number of hydrogen-bond donors (Lipinski definition) is 0. The fourth-order valence-corrected chi connectivity index (χ4v) is 2.89. The van der Waals surface area contributed by atoms with E-state index in [-0.39, 0.29) is 0 Å². The van der Waals surface area contributed by atoms with E-state index in [2.05, 4.69) is 0 Å². The van der Waals surface area contributed by atoms with E-state index in [4.69, 9.17) is 0 Å². The lowest BCUT2D eigenvalue weighted by molar-refractivity contribution is -0.503. The Morgan fingerprint density at radius 1 is 0.909 bits per heavy atom. The second-order valence-corrected chi connectivity index (χ2v) is 5.36. The lowest BCUT2D eigenvalue weighted by Crippen LogP contribution is -2.17. The van der Waals surface area contributed by atoms with Gasteiger partial charge in [-0.25, -0.2) is 0 Å². The van der Waals surface area contributed by atoms with Crippen molar-refractivity contribution < 1.29 is 18.1 Å². The number of alkyl halides is 3. The highest BCUT2D eigenvalue weighted by Gasteiger charge is 2.72. The highest BCUT2D eigenvalue weighted by atomic mass is 19.4. The molecule has 0 aromatic heterocycles. The monoisotopic (exact) mass is 307 g/mol. The normalized spacial score (nSPS) is 24.0. The first-order valence-corrected chi connectivity index (χ1v) is 6.75. The lowest BCUT2D eigenvalue weighted by Gasteiger charge is -2.05. The molecule has 0 spiro atoms. The summed E-state index contributed by atoms with van der Waals surface area (Å²) in [5, 5.41) is 10.8. The zero-order chi connectivity index (χ0) is 15.9. The number of rotatable bonds is 3. The number of halogens is 3. The van der Waals surface area contributed by atoms with Crippen LogP contribution < -0.4 is 0 Å². The molecule has 6 heteroatoms. The average molecular weight is 307 g/mol. The molecule has 2 aromatic carbocycles. The van der Waals surface area contributed by atoms with Crippen LogP contribution in [0.1, 0.15) is 11.5 Å². The number of nitro groups is 1. The minimum atomic E-state index is -4.54. The molecule has 3 rings (SSSR count). The number of hydrogen-bond acceptors (Lipinski definition) is 2. The van der Waals surface area contributed by atoms with Gasteiger partial charge in [-0.05, 0) is 16.7 Å². The zero-order valence-electron chi connectivity index (χ0n) is 11.3. The van der Waals surface area contributed by atoms with Crippen molar-refractivity contribution >= 4 is 0 Å². The standard InChI is InChI=1S/C16H12F3NO2/c17-16(18,19)14-13(15(14)20(21)22)12-8-6-11(7-9-12)10-4-2-1-3-5-10/h1-9,13-15H/t13-,14+,15+/m1/s1. The van der Waals surface area contributed by atoms with Crippen LogP contribution in [0.5, 0.6) is 0 Å². The van der Waals surface area contributed by atoms with Gasteiger partial charge in [0, 0.05) is 4.92 Å². The first kappa shape index (κ1) is 14.6. The summed E-state index contributed by atoms with van der Waals surface area (Å²) in [6, 6.07) is 14.3. The van der Waals surface area contributed by atoms with E-state index in [1.807, 2.05) is 30.3 Å². The summed E-state index contributed by atoms with van der Waals surface area (Å²) < 4.78 is 38.5. The largest absolute Gasteiger partial charge is 0.399 e. The molecule has 2 aromatic rings. The van der Waals surface area contributed by atoms with Crippen LogP contribution in [-0.2, 0) is 0 Å². The van der Waals surface area contributed by atoms with Gasteiger partial charge in [-0.1, -0.05) is 54.6 Å². The zero-order valence-corrected chi connectivity index (χ0v) is 11.3. The second-order valence-electron chi connectivity index (χ2n) is 5.36. The third-order valence-corrected chi connectivity index (χ3v) is 4.01. The van der Waals surface area contributed by atoms with E-state index >= 15 is 0 Å². The minimum absolute atomic E-state index is 0.365. The number of benzene rings is 2. The van der Waals surface area contributed by atoms with E-state index in [0.29, 0.717) is 5.56 Å². The molecule has 0 aliphatic heterocycles. The molecule has 1 fully saturated rings. The molecule has 0 N–H and O–H groups in total. The molecule has 0 bridgehead atoms. The third kappa shape index (κ3) is 2.56. The van der Waals surface area contributed by atoms with Gasteiger partial charge in [0.15, 0.2) is 0 Å². The summed E-state index contributed by atoms with van der Waals surface area (Å²) in [7, 11) is 0. The molecule has 114 valence electrons. The first-order valence-electron chi connectivity index (χ1n) is 6.75. The van der Waals surface area contributed by atoms with Gasteiger partial charge in [0.25, 0.3) is 0 Å². The molecule has 0 saturated heterocycles. The molecular formula is C16H12F3NO2. The van der Waals surface area contributed by atoms with Gasteiger partial charge >= 0.3 is 6.18 Å². The van der Waals surface area contributed by atoms with Gasteiger partial charge in [-0.3, -0.25) is 10.1 Å². The molecular weight excluding hydrogens is 295 g/mol. The molecule has 0 amide bonds. The second kappa shape index (κ2) is 5.12. The molecule has 0 heterocycles.